The highest BCUT2D eigenvalue weighted by molar-refractivity contribution is 7.09. The van der Waals surface area contributed by atoms with Crippen LogP contribution in [0.25, 0.3) is 0 Å². The van der Waals surface area contributed by atoms with Crippen molar-refractivity contribution in [2.75, 3.05) is 17.6 Å². The molecule has 1 heterocycles. The lowest BCUT2D eigenvalue weighted by molar-refractivity contribution is -0.117. The highest BCUT2D eigenvalue weighted by Gasteiger charge is 2.15. The van der Waals surface area contributed by atoms with Gasteiger partial charge in [0.05, 0.1) is 6.54 Å². The fourth-order valence-corrected chi connectivity index (χ4v) is 2.70. The first kappa shape index (κ1) is 15.5. The first-order chi connectivity index (χ1) is 10.0. The van der Waals surface area contributed by atoms with E-state index in [1.54, 1.807) is 23.5 Å². The van der Waals surface area contributed by atoms with Crippen molar-refractivity contribution >= 4 is 28.6 Å². The second-order valence-corrected chi connectivity index (χ2v) is 6.28. The Morgan fingerprint density at radius 2 is 2.00 bits per heavy atom. The van der Waals surface area contributed by atoms with Crippen LogP contribution in [-0.4, -0.2) is 23.4 Å². The lowest BCUT2D eigenvalue weighted by Crippen LogP contribution is -2.37. The van der Waals surface area contributed by atoms with E-state index in [0.29, 0.717) is 18.3 Å². The van der Waals surface area contributed by atoms with E-state index in [1.807, 2.05) is 18.2 Å². The summed E-state index contributed by atoms with van der Waals surface area (Å²) in [4.78, 5) is 15.6. The van der Waals surface area contributed by atoms with E-state index in [-0.39, 0.29) is 5.91 Å². The Labute approximate surface area is 129 Å². The van der Waals surface area contributed by atoms with Crippen LogP contribution in [0.5, 0.6) is 0 Å². The maximum Gasteiger partial charge on any atom is 0.238 e. The van der Waals surface area contributed by atoms with Gasteiger partial charge in [-0.3, -0.25) is 9.69 Å². The van der Waals surface area contributed by atoms with Crippen molar-refractivity contribution < 1.29 is 4.79 Å². The molecule has 0 bridgehead atoms. The van der Waals surface area contributed by atoms with Crippen LogP contribution in [0.2, 0.25) is 0 Å². The van der Waals surface area contributed by atoms with Gasteiger partial charge in [0.25, 0.3) is 0 Å². The van der Waals surface area contributed by atoms with E-state index in [2.05, 4.69) is 35.5 Å². The molecule has 5 heteroatoms. The molecule has 0 saturated carbocycles. The first-order valence-electron chi connectivity index (χ1n) is 6.96. The first-order valence-corrected chi connectivity index (χ1v) is 7.84. The minimum Gasteiger partial charge on any atom is -0.399 e. The quantitative estimate of drug-likeness (QED) is 0.806. The number of nitrogen functional groups attached to an aromatic ring is 1. The average molecular weight is 303 g/mol. The number of nitrogens with one attached hydrogen (secondary N) is 1. The summed E-state index contributed by atoms with van der Waals surface area (Å²) in [6.07, 6.45) is 0. The molecule has 0 unspecified atom stereocenters. The molecule has 2 aromatic rings. The lowest BCUT2D eigenvalue weighted by atomic mass is 10.2. The normalized spacial score (nSPS) is 11.0. The Morgan fingerprint density at radius 1 is 1.29 bits per heavy atom. The summed E-state index contributed by atoms with van der Waals surface area (Å²) < 4.78 is 0. The zero-order chi connectivity index (χ0) is 15.2. The van der Waals surface area contributed by atoms with Crippen LogP contribution in [0, 0.1) is 0 Å². The number of carbonyl (C=O) groups is 1. The molecule has 1 aromatic carbocycles. The number of thiophene rings is 1. The van der Waals surface area contributed by atoms with Crippen molar-refractivity contribution in [3.8, 4) is 0 Å². The zero-order valence-corrected chi connectivity index (χ0v) is 13.2. The molecular weight excluding hydrogens is 282 g/mol. The van der Waals surface area contributed by atoms with Crippen LogP contribution in [0.3, 0.4) is 0 Å². The molecule has 0 spiro atoms. The third-order valence-corrected chi connectivity index (χ3v) is 4.07. The van der Waals surface area contributed by atoms with Gasteiger partial charge in [-0.2, -0.15) is 0 Å². The third kappa shape index (κ3) is 4.88. The summed E-state index contributed by atoms with van der Waals surface area (Å²) in [5.41, 5.74) is 7.10. The number of nitrogens with two attached hydrogens (primary N) is 1. The monoisotopic (exact) mass is 303 g/mol. The Morgan fingerprint density at radius 3 is 2.57 bits per heavy atom. The van der Waals surface area contributed by atoms with Gasteiger partial charge in [0.1, 0.15) is 0 Å². The highest BCUT2D eigenvalue weighted by Crippen LogP contribution is 2.14. The van der Waals surface area contributed by atoms with E-state index in [4.69, 9.17) is 5.73 Å². The molecule has 21 heavy (non-hydrogen) atoms. The minimum absolute atomic E-state index is 0.00923. The van der Waals surface area contributed by atoms with Crippen molar-refractivity contribution in [1.82, 2.24) is 4.90 Å². The maximum atomic E-state index is 12.2. The molecule has 4 nitrogen and oxygen atoms in total. The summed E-state index contributed by atoms with van der Waals surface area (Å²) in [7, 11) is 0. The fourth-order valence-electron chi connectivity index (χ4n) is 1.98. The zero-order valence-electron chi connectivity index (χ0n) is 12.4. The van der Waals surface area contributed by atoms with Gasteiger partial charge in [-0.25, -0.2) is 0 Å². The second-order valence-electron chi connectivity index (χ2n) is 5.25. The van der Waals surface area contributed by atoms with Gasteiger partial charge in [-0.1, -0.05) is 6.07 Å². The van der Waals surface area contributed by atoms with E-state index >= 15 is 0 Å². The third-order valence-electron chi connectivity index (χ3n) is 3.21. The van der Waals surface area contributed by atoms with Crippen molar-refractivity contribution in [3.63, 3.8) is 0 Å². The van der Waals surface area contributed by atoms with Crippen molar-refractivity contribution in [3.05, 3.63) is 46.7 Å². The predicted molar refractivity (Wildman–Crippen MR) is 89.3 cm³/mol. The molecule has 2 rings (SSSR count). The van der Waals surface area contributed by atoms with Crippen LogP contribution in [0.4, 0.5) is 11.4 Å². The van der Waals surface area contributed by atoms with E-state index < -0.39 is 0 Å². The SMILES string of the molecule is CC(C)N(CC(=O)Nc1ccc(N)cc1)Cc1cccs1. The summed E-state index contributed by atoms with van der Waals surface area (Å²) >= 11 is 1.71. The Kier molecular flexibility index (Phi) is 5.36. The molecular formula is C16H21N3OS. The smallest absolute Gasteiger partial charge is 0.238 e. The Hall–Kier alpha value is -1.85. The maximum absolute atomic E-state index is 12.2. The second kappa shape index (κ2) is 7.24. The average Bonchev–Trinajstić information content (AvgIpc) is 2.93. The van der Waals surface area contributed by atoms with Crippen molar-refractivity contribution in [2.45, 2.75) is 26.4 Å². The van der Waals surface area contributed by atoms with Crippen LogP contribution in [0.15, 0.2) is 41.8 Å². The molecule has 0 saturated heterocycles. The molecule has 0 fully saturated rings. The predicted octanol–water partition coefficient (Wildman–Crippen LogP) is 3.18. The van der Waals surface area contributed by atoms with Gasteiger partial charge in [-0.15, -0.1) is 11.3 Å². The van der Waals surface area contributed by atoms with Crippen LogP contribution < -0.4 is 11.1 Å². The van der Waals surface area contributed by atoms with Gasteiger partial charge < -0.3 is 11.1 Å². The van der Waals surface area contributed by atoms with Crippen LogP contribution in [-0.2, 0) is 11.3 Å². The molecule has 1 aromatic heterocycles. The summed E-state index contributed by atoms with van der Waals surface area (Å²) in [6.45, 7) is 5.37. The van der Waals surface area contributed by atoms with Gasteiger partial charge >= 0.3 is 0 Å². The molecule has 3 N–H and O–H groups in total. The van der Waals surface area contributed by atoms with Gasteiger partial charge in [0, 0.05) is 28.8 Å². The number of amides is 1. The van der Waals surface area contributed by atoms with E-state index in [0.717, 1.165) is 12.2 Å². The number of nitrogens with zero attached hydrogens (tertiary/aromatic N) is 1. The van der Waals surface area contributed by atoms with Crippen LogP contribution in [0.1, 0.15) is 18.7 Å². The van der Waals surface area contributed by atoms with Crippen LogP contribution >= 0.6 is 11.3 Å². The van der Waals surface area contributed by atoms with E-state index in [1.165, 1.54) is 4.88 Å². The van der Waals surface area contributed by atoms with Crippen molar-refractivity contribution in [1.29, 1.82) is 0 Å². The number of carbonyl (C=O) groups excluding carboxylic acids is 1. The highest BCUT2D eigenvalue weighted by atomic mass is 32.1. The summed E-state index contributed by atoms with van der Waals surface area (Å²) in [5, 5.41) is 4.96. The number of benzene rings is 1. The standard InChI is InChI=1S/C16H21N3OS/c1-12(2)19(10-15-4-3-9-21-15)11-16(20)18-14-7-5-13(17)6-8-14/h3-9,12H,10-11,17H2,1-2H3,(H,18,20). The molecule has 112 valence electrons. The molecule has 1 amide bonds. The molecule has 0 atom stereocenters. The lowest BCUT2D eigenvalue weighted by Gasteiger charge is -2.25. The Bertz CT molecular complexity index is 564. The number of hydrogen-bond donors (Lipinski definition) is 2. The van der Waals surface area contributed by atoms with E-state index in [9.17, 15) is 4.79 Å². The number of rotatable bonds is 6. The van der Waals surface area contributed by atoms with Gasteiger partial charge in [0.15, 0.2) is 0 Å². The number of hydrogen-bond acceptors (Lipinski definition) is 4. The molecule has 0 aliphatic carbocycles. The largest absolute Gasteiger partial charge is 0.399 e. The topological polar surface area (TPSA) is 58.4 Å². The number of anilines is 2. The molecule has 0 aliphatic rings. The summed E-state index contributed by atoms with van der Waals surface area (Å²) in [5.74, 6) is -0.00923. The Balaban J connectivity index is 1.93. The molecule has 0 radical (unpaired) electrons. The molecule has 0 aliphatic heterocycles. The van der Waals surface area contributed by atoms with Crippen molar-refractivity contribution in [2.24, 2.45) is 0 Å². The van der Waals surface area contributed by atoms with Gasteiger partial charge in [0.2, 0.25) is 5.91 Å². The van der Waals surface area contributed by atoms with Gasteiger partial charge in [-0.05, 0) is 49.6 Å². The summed E-state index contributed by atoms with van der Waals surface area (Å²) in [6, 6.07) is 11.6. The minimum atomic E-state index is -0.00923. The fraction of sp³-hybridized carbons (Fsp3) is 0.312.